The van der Waals surface area contributed by atoms with Crippen LogP contribution < -0.4 is 0 Å². The highest BCUT2D eigenvalue weighted by atomic mass is 35.5. The maximum Gasteiger partial charge on any atom is 0.307 e. The normalized spacial score (nSPS) is 12.3. The molecule has 1 atom stereocenters. The molecule has 3 nitrogen and oxygen atoms in total. The van der Waals surface area contributed by atoms with Gasteiger partial charge < -0.3 is 5.11 Å². The van der Waals surface area contributed by atoms with E-state index in [-0.39, 0.29) is 0 Å². The van der Waals surface area contributed by atoms with E-state index in [2.05, 4.69) is 4.98 Å². The molecule has 0 saturated carbocycles. The molecule has 0 saturated heterocycles. The quantitative estimate of drug-likeness (QED) is 0.915. The molecule has 1 unspecified atom stereocenters. The first-order chi connectivity index (χ1) is 8.66. The van der Waals surface area contributed by atoms with Crippen LogP contribution in [0.4, 0.5) is 0 Å². The van der Waals surface area contributed by atoms with E-state index in [0.29, 0.717) is 17.9 Å². The summed E-state index contributed by atoms with van der Waals surface area (Å²) in [5.74, 6) is -1.31. The van der Waals surface area contributed by atoms with Gasteiger partial charge in [0.15, 0.2) is 0 Å². The predicted octanol–water partition coefficient (Wildman–Crippen LogP) is 3.28. The van der Waals surface area contributed by atoms with E-state index >= 15 is 0 Å². The SMILES string of the molecule is O=C(O)C(Cc1cscn1)Cc1ccccc1Cl. The number of carboxylic acids is 1. The molecule has 5 heteroatoms. The number of carboxylic acid groups (broad SMARTS) is 1. The molecule has 0 radical (unpaired) electrons. The topological polar surface area (TPSA) is 50.2 Å². The third-order valence-corrected chi connectivity index (χ3v) is 3.72. The first kappa shape index (κ1) is 13.1. The fraction of sp³-hybridized carbons (Fsp3) is 0.231. The van der Waals surface area contributed by atoms with Gasteiger partial charge in [-0.3, -0.25) is 4.79 Å². The number of rotatable bonds is 5. The highest BCUT2D eigenvalue weighted by Gasteiger charge is 2.20. The van der Waals surface area contributed by atoms with E-state index < -0.39 is 11.9 Å². The molecular weight excluding hydrogens is 270 g/mol. The molecule has 2 rings (SSSR count). The number of thiazole rings is 1. The van der Waals surface area contributed by atoms with Crippen LogP contribution in [0.25, 0.3) is 0 Å². The fourth-order valence-electron chi connectivity index (χ4n) is 1.77. The summed E-state index contributed by atoms with van der Waals surface area (Å²) in [5.41, 5.74) is 3.39. The Morgan fingerprint density at radius 2 is 2.17 bits per heavy atom. The van der Waals surface area contributed by atoms with Gasteiger partial charge in [0.05, 0.1) is 17.1 Å². The minimum absolute atomic E-state index is 0.423. The molecule has 0 bridgehead atoms. The zero-order chi connectivity index (χ0) is 13.0. The second-order valence-corrected chi connectivity index (χ2v) is 5.14. The van der Waals surface area contributed by atoms with Crippen LogP contribution >= 0.6 is 22.9 Å². The Labute approximate surface area is 114 Å². The molecule has 0 aliphatic carbocycles. The Morgan fingerprint density at radius 3 is 2.78 bits per heavy atom. The Balaban J connectivity index is 2.12. The second kappa shape index (κ2) is 5.98. The summed E-state index contributed by atoms with van der Waals surface area (Å²) in [4.78, 5) is 15.4. The summed E-state index contributed by atoms with van der Waals surface area (Å²) < 4.78 is 0. The number of benzene rings is 1. The van der Waals surface area contributed by atoms with Gasteiger partial charge in [-0.15, -0.1) is 11.3 Å². The van der Waals surface area contributed by atoms with Crippen molar-refractivity contribution in [2.75, 3.05) is 0 Å². The third kappa shape index (κ3) is 3.31. The maximum atomic E-state index is 11.3. The molecule has 1 aromatic carbocycles. The third-order valence-electron chi connectivity index (χ3n) is 2.71. The van der Waals surface area contributed by atoms with E-state index in [9.17, 15) is 9.90 Å². The van der Waals surface area contributed by atoms with Gasteiger partial charge in [0.1, 0.15) is 0 Å². The van der Waals surface area contributed by atoms with Crippen molar-refractivity contribution in [1.82, 2.24) is 4.98 Å². The number of carbonyl (C=O) groups is 1. The predicted molar refractivity (Wildman–Crippen MR) is 72.1 cm³/mol. The van der Waals surface area contributed by atoms with Crippen LogP contribution in [0.5, 0.6) is 0 Å². The summed E-state index contributed by atoms with van der Waals surface area (Å²) in [6.45, 7) is 0. The summed E-state index contributed by atoms with van der Waals surface area (Å²) in [6.07, 6.45) is 0.858. The molecule has 18 heavy (non-hydrogen) atoms. The molecule has 0 fully saturated rings. The van der Waals surface area contributed by atoms with Crippen molar-refractivity contribution in [2.45, 2.75) is 12.8 Å². The summed E-state index contributed by atoms with van der Waals surface area (Å²) in [6, 6.07) is 7.34. The van der Waals surface area contributed by atoms with E-state index in [1.807, 2.05) is 23.6 Å². The van der Waals surface area contributed by atoms with Crippen LogP contribution in [0.15, 0.2) is 35.2 Å². The lowest BCUT2D eigenvalue weighted by molar-refractivity contribution is -0.141. The molecule has 0 aliphatic rings. The van der Waals surface area contributed by atoms with Crippen molar-refractivity contribution in [3.05, 3.63) is 51.4 Å². The highest BCUT2D eigenvalue weighted by Crippen LogP contribution is 2.21. The van der Waals surface area contributed by atoms with Crippen molar-refractivity contribution in [2.24, 2.45) is 5.92 Å². The summed E-state index contributed by atoms with van der Waals surface area (Å²) >= 11 is 7.52. The molecule has 1 aromatic heterocycles. The van der Waals surface area contributed by atoms with Crippen LogP contribution in [0, 0.1) is 5.92 Å². The molecule has 0 aliphatic heterocycles. The van der Waals surface area contributed by atoms with Crippen molar-refractivity contribution >= 4 is 28.9 Å². The standard InChI is InChI=1S/C13H12ClNO2S/c14-12-4-2-1-3-9(12)5-10(13(16)17)6-11-7-18-8-15-11/h1-4,7-8,10H,5-6H2,(H,16,17). The van der Waals surface area contributed by atoms with Gasteiger partial charge in [0, 0.05) is 16.8 Å². The lowest BCUT2D eigenvalue weighted by Gasteiger charge is -2.12. The largest absolute Gasteiger partial charge is 0.481 e. The number of hydrogen-bond donors (Lipinski definition) is 1. The Hall–Kier alpha value is -1.39. The van der Waals surface area contributed by atoms with Crippen molar-refractivity contribution in [1.29, 1.82) is 0 Å². The van der Waals surface area contributed by atoms with Crippen LogP contribution in [0.1, 0.15) is 11.3 Å². The molecule has 0 spiro atoms. The molecule has 1 heterocycles. The molecule has 0 amide bonds. The Bertz CT molecular complexity index is 528. The average Bonchev–Trinajstić information content (AvgIpc) is 2.83. The highest BCUT2D eigenvalue weighted by molar-refractivity contribution is 7.07. The van der Waals surface area contributed by atoms with E-state index in [0.717, 1.165) is 11.3 Å². The van der Waals surface area contributed by atoms with E-state index in [1.54, 1.807) is 11.6 Å². The zero-order valence-electron chi connectivity index (χ0n) is 9.54. The van der Waals surface area contributed by atoms with Gasteiger partial charge in [0.25, 0.3) is 0 Å². The number of aliphatic carboxylic acids is 1. The smallest absolute Gasteiger partial charge is 0.307 e. The van der Waals surface area contributed by atoms with Gasteiger partial charge in [-0.25, -0.2) is 4.98 Å². The van der Waals surface area contributed by atoms with Crippen LogP contribution in [0.3, 0.4) is 0 Å². The van der Waals surface area contributed by atoms with Crippen LogP contribution in [-0.2, 0) is 17.6 Å². The minimum atomic E-state index is -0.817. The number of halogens is 1. The lowest BCUT2D eigenvalue weighted by Crippen LogP contribution is -2.19. The average molecular weight is 282 g/mol. The Kier molecular flexibility index (Phi) is 4.33. The molecule has 94 valence electrons. The van der Waals surface area contributed by atoms with E-state index in [4.69, 9.17) is 11.6 Å². The van der Waals surface area contributed by atoms with Gasteiger partial charge in [-0.1, -0.05) is 29.8 Å². The fourth-order valence-corrected chi connectivity index (χ4v) is 2.55. The Morgan fingerprint density at radius 1 is 1.39 bits per heavy atom. The first-order valence-electron chi connectivity index (χ1n) is 5.50. The zero-order valence-corrected chi connectivity index (χ0v) is 11.1. The van der Waals surface area contributed by atoms with Crippen LogP contribution in [0.2, 0.25) is 5.02 Å². The van der Waals surface area contributed by atoms with Crippen molar-refractivity contribution < 1.29 is 9.90 Å². The van der Waals surface area contributed by atoms with Crippen LogP contribution in [-0.4, -0.2) is 16.1 Å². The lowest BCUT2D eigenvalue weighted by atomic mass is 9.95. The number of hydrogen-bond acceptors (Lipinski definition) is 3. The molecule has 1 N–H and O–H groups in total. The van der Waals surface area contributed by atoms with Gasteiger partial charge >= 0.3 is 5.97 Å². The van der Waals surface area contributed by atoms with Gasteiger partial charge in [-0.05, 0) is 18.1 Å². The first-order valence-corrected chi connectivity index (χ1v) is 6.82. The van der Waals surface area contributed by atoms with Crippen molar-refractivity contribution in [3.63, 3.8) is 0 Å². The summed E-state index contributed by atoms with van der Waals surface area (Å²) in [7, 11) is 0. The van der Waals surface area contributed by atoms with E-state index in [1.165, 1.54) is 11.3 Å². The maximum absolute atomic E-state index is 11.3. The second-order valence-electron chi connectivity index (χ2n) is 4.01. The van der Waals surface area contributed by atoms with Crippen molar-refractivity contribution in [3.8, 4) is 0 Å². The monoisotopic (exact) mass is 281 g/mol. The molecular formula is C13H12ClNO2S. The van der Waals surface area contributed by atoms with Gasteiger partial charge in [0.2, 0.25) is 0 Å². The number of aromatic nitrogens is 1. The molecule has 2 aromatic rings. The van der Waals surface area contributed by atoms with Gasteiger partial charge in [-0.2, -0.15) is 0 Å². The summed E-state index contributed by atoms with van der Waals surface area (Å²) in [5, 5.41) is 11.7. The number of nitrogens with zero attached hydrogens (tertiary/aromatic N) is 1. The minimum Gasteiger partial charge on any atom is -0.481 e.